The molecule has 1 aromatic rings. The third-order valence-corrected chi connectivity index (χ3v) is 4.71. The van der Waals surface area contributed by atoms with Gasteiger partial charge in [-0.1, -0.05) is 6.92 Å². The first-order valence-corrected chi connectivity index (χ1v) is 10.6. The van der Waals surface area contributed by atoms with Crippen LogP contribution in [0, 0.1) is 0 Å². The molecule has 6 nitrogen and oxygen atoms in total. The lowest BCUT2D eigenvalue weighted by atomic mass is 10.2. The smallest absolute Gasteiger partial charge is 0.121 e. The van der Waals surface area contributed by atoms with Crippen molar-refractivity contribution in [3.63, 3.8) is 0 Å². The minimum atomic E-state index is 0.452. The van der Waals surface area contributed by atoms with Crippen LogP contribution in [-0.4, -0.2) is 65.0 Å². The second-order valence-electron chi connectivity index (χ2n) is 7.60. The number of hydrogen-bond acceptors (Lipinski definition) is 6. The van der Waals surface area contributed by atoms with E-state index in [1.165, 1.54) is 11.4 Å². The van der Waals surface area contributed by atoms with Crippen LogP contribution in [0.1, 0.15) is 41.0 Å². The van der Waals surface area contributed by atoms with Crippen LogP contribution < -0.4 is 14.5 Å². The van der Waals surface area contributed by atoms with Crippen molar-refractivity contribution >= 4 is 11.4 Å². The first-order valence-electron chi connectivity index (χ1n) is 10.6. The first-order chi connectivity index (χ1) is 13.5. The van der Waals surface area contributed by atoms with Gasteiger partial charge in [-0.2, -0.15) is 0 Å². The zero-order chi connectivity index (χ0) is 20.4. The first kappa shape index (κ1) is 22.8. The fourth-order valence-corrected chi connectivity index (χ4v) is 3.17. The Balaban J connectivity index is 1.68. The van der Waals surface area contributed by atoms with Crippen LogP contribution in [0.3, 0.4) is 0 Å². The lowest BCUT2D eigenvalue weighted by Crippen LogP contribution is -2.38. The lowest BCUT2D eigenvalue weighted by molar-refractivity contribution is 0.00945. The van der Waals surface area contributed by atoms with E-state index in [0.717, 1.165) is 25.4 Å². The maximum absolute atomic E-state index is 5.90. The minimum Gasteiger partial charge on any atom is -0.491 e. The van der Waals surface area contributed by atoms with Crippen LogP contribution in [0.4, 0.5) is 11.4 Å². The van der Waals surface area contributed by atoms with E-state index in [-0.39, 0.29) is 0 Å². The predicted molar refractivity (Wildman–Crippen MR) is 115 cm³/mol. The Bertz CT molecular complexity index is 565. The fourth-order valence-electron chi connectivity index (χ4n) is 3.17. The molecule has 1 aliphatic heterocycles. The van der Waals surface area contributed by atoms with Crippen molar-refractivity contribution in [2.45, 2.75) is 53.1 Å². The monoisotopic (exact) mass is 394 g/mol. The molecule has 0 aromatic heterocycles. The molecular weight excluding hydrogens is 356 g/mol. The van der Waals surface area contributed by atoms with Gasteiger partial charge >= 0.3 is 0 Å². The summed E-state index contributed by atoms with van der Waals surface area (Å²) in [5.41, 5.74) is 2.54. The molecule has 0 amide bonds. The van der Waals surface area contributed by atoms with E-state index in [1.807, 2.05) is 0 Å². The van der Waals surface area contributed by atoms with Crippen molar-refractivity contribution in [1.82, 2.24) is 0 Å². The maximum Gasteiger partial charge on any atom is 0.121 e. The van der Waals surface area contributed by atoms with Crippen molar-refractivity contribution in [1.29, 1.82) is 0 Å². The van der Waals surface area contributed by atoms with Crippen LogP contribution in [0.25, 0.3) is 0 Å². The Morgan fingerprint density at radius 1 is 0.750 bits per heavy atom. The Morgan fingerprint density at radius 3 is 1.86 bits per heavy atom. The summed E-state index contributed by atoms with van der Waals surface area (Å²) in [6.07, 6.45) is 1.04. The highest BCUT2D eigenvalue weighted by atomic mass is 16.6. The van der Waals surface area contributed by atoms with E-state index < -0.39 is 0 Å². The van der Waals surface area contributed by atoms with Crippen molar-refractivity contribution in [2.24, 2.45) is 0 Å². The molecule has 0 spiro atoms. The summed E-state index contributed by atoms with van der Waals surface area (Å²) in [7, 11) is 0. The Kier molecular flexibility index (Phi) is 9.88. The number of hydrogen-bond donors (Lipinski definition) is 0. The molecule has 6 heteroatoms. The molecule has 2 rings (SSSR count). The maximum atomic E-state index is 5.90. The van der Waals surface area contributed by atoms with Gasteiger partial charge in [0.15, 0.2) is 0 Å². The molecule has 0 saturated heterocycles. The van der Waals surface area contributed by atoms with E-state index in [9.17, 15) is 0 Å². The van der Waals surface area contributed by atoms with Gasteiger partial charge in [-0.3, -0.25) is 0 Å². The average molecular weight is 395 g/mol. The fraction of sp³-hybridized carbons (Fsp3) is 0.727. The molecule has 0 radical (unpaired) electrons. The molecule has 0 bridgehead atoms. The van der Waals surface area contributed by atoms with Gasteiger partial charge in [0, 0.05) is 24.8 Å². The third kappa shape index (κ3) is 6.83. The van der Waals surface area contributed by atoms with E-state index >= 15 is 0 Å². The summed E-state index contributed by atoms with van der Waals surface area (Å²) in [5.74, 6) is 0.892. The van der Waals surface area contributed by atoms with Gasteiger partial charge in [-0.15, -0.1) is 0 Å². The van der Waals surface area contributed by atoms with Crippen LogP contribution in [-0.2, 0) is 14.2 Å². The van der Waals surface area contributed by atoms with E-state index in [0.29, 0.717) is 51.7 Å². The van der Waals surface area contributed by atoms with Crippen molar-refractivity contribution in [3.8, 4) is 5.75 Å². The summed E-state index contributed by atoms with van der Waals surface area (Å²) in [6, 6.07) is 7.30. The standard InChI is InChI=1S/C22H38N2O4/c1-6-9-25-10-11-26-12-13-27-14-15-28-20-7-8-21-22(16-20)24(19(4)5)17-23(21)18(2)3/h7-8,16,18-19H,6,9-15,17H2,1-5H3. The molecule has 160 valence electrons. The second kappa shape index (κ2) is 12.1. The van der Waals surface area contributed by atoms with Gasteiger partial charge in [0.1, 0.15) is 12.4 Å². The highest BCUT2D eigenvalue weighted by Crippen LogP contribution is 2.40. The molecule has 0 aliphatic carbocycles. The molecule has 0 unspecified atom stereocenters. The highest BCUT2D eigenvalue weighted by molar-refractivity contribution is 5.78. The number of rotatable bonds is 14. The number of fused-ring (bicyclic) bond motifs is 1. The molecule has 1 aromatic carbocycles. The Morgan fingerprint density at radius 2 is 1.29 bits per heavy atom. The van der Waals surface area contributed by atoms with Crippen molar-refractivity contribution < 1.29 is 18.9 Å². The summed E-state index contributed by atoms with van der Waals surface area (Å²) in [6.45, 7) is 16.3. The van der Waals surface area contributed by atoms with Crippen molar-refractivity contribution in [2.75, 3.05) is 62.7 Å². The topological polar surface area (TPSA) is 43.4 Å². The van der Waals surface area contributed by atoms with Gasteiger partial charge in [-0.05, 0) is 46.2 Å². The molecule has 0 fully saturated rings. The number of ether oxygens (including phenoxy) is 4. The van der Waals surface area contributed by atoms with E-state index in [4.69, 9.17) is 18.9 Å². The van der Waals surface area contributed by atoms with Gasteiger partial charge < -0.3 is 28.7 Å². The van der Waals surface area contributed by atoms with Crippen LogP contribution in [0.2, 0.25) is 0 Å². The van der Waals surface area contributed by atoms with Gasteiger partial charge in [0.2, 0.25) is 0 Å². The second-order valence-corrected chi connectivity index (χ2v) is 7.60. The molecule has 1 heterocycles. The van der Waals surface area contributed by atoms with E-state index in [2.05, 4.69) is 62.6 Å². The Labute approximate surface area is 170 Å². The third-order valence-electron chi connectivity index (χ3n) is 4.71. The quantitative estimate of drug-likeness (QED) is 0.446. The molecule has 1 aliphatic rings. The molecule has 28 heavy (non-hydrogen) atoms. The zero-order valence-corrected chi connectivity index (χ0v) is 18.3. The zero-order valence-electron chi connectivity index (χ0n) is 18.3. The lowest BCUT2D eigenvalue weighted by Gasteiger charge is -2.27. The number of anilines is 2. The normalized spacial score (nSPS) is 13.7. The van der Waals surface area contributed by atoms with Crippen LogP contribution >= 0.6 is 0 Å². The van der Waals surface area contributed by atoms with Crippen LogP contribution in [0.5, 0.6) is 5.75 Å². The molecule has 0 saturated carbocycles. The van der Waals surface area contributed by atoms with Crippen LogP contribution in [0.15, 0.2) is 18.2 Å². The summed E-state index contributed by atoms with van der Waals surface area (Å²) in [5, 5.41) is 0. The minimum absolute atomic E-state index is 0.452. The number of benzene rings is 1. The van der Waals surface area contributed by atoms with Gasteiger partial charge in [-0.25, -0.2) is 0 Å². The highest BCUT2D eigenvalue weighted by Gasteiger charge is 2.29. The molecular formula is C22H38N2O4. The molecule has 0 N–H and O–H groups in total. The summed E-state index contributed by atoms with van der Waals surface area (Å²) in [4.78, 5) is 4.84. The number of nitrogens with zero attached hydrogens (tertiary/aromatic N) is 2. The molecule has 0 atom stereocenters. The van der Waals surface area contributed by atoms with E-state index in [1.54, 1.807) is 0 Å². The van der Waals surface area contributed by atoms with Gasteiger partial charge in [0.05, 0.1) is 51.1 Å². The summed E-state index contributed by atoms with van der Waals surface area (Å²) < 4.78 is 22.3. The Hall–Kier alpha value is -1.50. The summed E-state index contributed by atoms with van der Waals surface area (Å²) >= 11 is 0. The average Bonchev–Trinajstić information content (AvgIpc) is 3.05. The SMILES string of the molecule is CCCOCCOCCOCCOc1ccc2c(c1)N(C(C)C)CN2C(C)C. The largest absolute Gasteiger partial charge is 0.491 e. The predicted octanol–water partition coefficient (Wildman–Crippen LogP) is 3.93. The van der Waals surface area contributed by atoms with Crippen molar-refractivity contribution in [3.05, 3.63) is 18.2 Å². The van der Waals surface area contributed by atoms with Gasteiger partial charge in [0.25, 0.3) is 0 Å².